The number of hydrogen-bond donors (Lipinski definition) is 3. The molecule has 3 heterocycles. The quantitative estimate of drug-likeness (QED) is 0.563. The number of piperidine rings is 1. The van der Waals surface area contributed by atoms with Gasteiger partial charge in [0.15, 0.2) is 0 Å². The lowest BCUT2D eigenvalue weighted by atomic mass is 10.0. The van der Waals surface area contributed by atoms with Gasteiger partial charge in [0.25, 0.3) is 5.91 Å². The number of benzene rings is 1. The number of aliphatic imine (C=N–C) groups is 1. The van der Waals surface area contributed by atoms with Crippen LogP contribution in [0.15, 0.2) is 46.6 Å². The van der Waals surface area contributed by atoms with E-state index in [1.165, 1.54) is 46.3 Å². The maximum absolute atomic E-state index is 13.1. The number of thiazole rings is 1. The van der Waals surface area contributed by atoms with E-state index in [1.54, 1.807) is 12.3 Å². The molecule has 1 aromatic heterocycles. The Bertz CT molecular complexity index is 1200. The molecule has 1 saturated heterocycles. The SMILES string of the molecule is NC=CC=Nc1ncc(CNC(=O)c2ccc3c(c2)NC(=O)C2CCCCN2S3(=O)=O)s1. The maximum Gasteiger partial charge on any atom is 0.251 e. The highest BCUT2D eigenvalue weighted by atomic mass is 32.2. The fourth-order valence-electron chi connectivity index (χ4n) is 3.66. The molecular formula is C20H22N6O4S2. The van der Waals surface area contributed by atoms with Crippen molar-refractivity contribution in [2.24, 2.45) is 10.7 Å². The van der Waals surface area contributed by atoms with Crippen molar-refractivity contribution in [3.8, 4) is 0 Å². The van der Waals surface area contributed by atoms with Gasteiger partial charge >= 0.3 is 0 Å². The van der Waals surface area contributed by atoms with Gasteiger partial charge in [0, 0.05) is 29.4 Å². The summed E-state index contributed by atoms with van der Waals surface area (Å²) in [5.74, 6) is -0.766. The Morgan fingerprint density at radius 2 is 2.25 bits per heavy atom. The van der Waals surface area contributed by atoms with Gasteiger partial charge in [-0.05, 0) is 43.3 Å². The molecule has 0 radical (unpaired) electrons. The van der Waals surface area contributed by atoms with Crippen LogP contribution >= 0.6 is 11.3 Å². The molecule has 10 nitrogen and oxygen atoms in total. The summed E-state index contributed by atoms with van der Waals surface area (Å²) in [5.41, 5.74) is 5.61. The van der Waals surface area contributed by atoms with Crippen LogP contribution in [-0.2, 0) is 21.4 Å². The Hall–Kier alpha value is -3.09. The normalized spacial score (nSPS) is 20.5. The second-order valence-electron chi connectivity index (χ2n) is 7.28. The Morgan fingerprint density at radius 1 is 1.41 bits per heavy atom. The first-order valence-electron chi connectivity index (χ1n) is 10.0. The summed E-state index contributed by atoms with van der Waals surface area (Å²) in [4.78, 5) is 34.3. The third-order valence-electron chi connectivity index (χ3n) is 5.19. The highest BCUT2D eigenvalue weighted by Gasteiger charge is 2.41. The van der Waals surface area contributed by atoms with E-state index in [2.05, 4.69) is 20.6 Å². The van der Waals surface area contributed by atoms with Crippen LogP contribution in [0.25, 0.3) is 0 Å². The minimum atomic E-state index is -3.83. The Balaban J connectivity index is 1.50. The van der Waals surface area contributed by atoms with E-state index >= 15 is 0 Å². The number of nitrogens with zero attached hydrogens (tertiary/aromatic N) is 3. The molecule has 2 aliphatic rings. The van der Waals surface area contributed by atoms with E-state index in [9.17, 15) is 18.0 Å². The summed E-state index contributed by atoms with van der Waals surface area (Å²) >= 11 is 1.32. The largest absolute Gasteiger partial charge is 0.405 e. The predicted octanol–water partition coefficient (Wildman–Crippen LogP) is 1.74. The molecule has 1 atom stereocenters. The van der Waals surface area contributed by atoms with Gasteiger partial charge in [-0.1, -0.05) is 17.8 Å². The van der Waals surface area contributed by atoms with Crippen molar-refractivity contribution < 1.29 is 18.0 Å². The molecule has 4 N–H and O–H groups in total. The van der Waals surface area contributed by atoms with E-state index in [0.717, 1.165) is 11.3 Å². The third kappa shape index (κ3) is 4.42. The number of fused-ring (bicyclic) bond motifs is 2. The van der Waals surface area contributed by atoms with Crippen molar-refractivity contribution in [3.05, 3.63) is 47.1 Å². The fraction of sp³-hybridized carbons (Fsp3) is 0.300. The minimum absolute atomic E-state index is 0.00305. The summed E-state index contributed by atoms with van der Waals surface area (Å²) < 4.78 is 27.5. The van der Waals surface area contributed by atoms with Crippen LogP contribution < -0.4 is 16.4 Å². The van der Waals surface area contributed by atoms with Gasteiger partial charge in [0.05, 0.1) is 12.2 Å². The van der Waals surface area contributed by atoms with Crippen molar-refractivity contribution >= 4 is 50.2 Å². The molecule has 0 bridgehead atoms. The second kappa shape index (κ2) is 9.18. The molecule has 12 heteroatoms. The highest BCUT2D eigenvalue weighted by molar-refractivity contribution is 7.89. The summed E-state index contributed by atoms with van der Waals surface area (Å²) in [6.45, 7) is 0.543. The molecule has 0 aliphatic carbocycles. The molecular weight excluding hydrogens is 452 g/mol. The Kier molecular flexibility index (Phi) is 6.35. The molecule has 1 aromatic carbocycles. The van der Waals surface area contributed by atoms with E-state index in [0.29, 0.717) is 24.5 Å². The number of amides is 2. The average molecular weight is 475 g/mol. The van der Waals surface area contributed by atoms with Gasteiger partial charge in [0.1, 0.15) is 10.9 Å². The number of nitrogens with two attached hydrogens (primary N) is 1. The number of allylic oxidation sites excluding steroid dienone is 1. The van der Waals surface area contributed by atoms with Gasteiger partial charge in [-0.3, -0.25) is 9.59 Å². The van der Waals surface area contributed by atoms with Gasteiger partial charge in [0.2, 0.25) is 21.1 Å². The number of anilines is 1. The van der Waals surface area contributed by atoms with Gasteiger partial charge < -0.3 is 16.4 Å². The van der Waals surface area contributed by atoms with Crippen molar-refractivity contribution in [2.75, 3.05) is 11.9 Å². The molecule has 1 fully saturated rings. The van der Waals surface area contributed by atoms with Crippen LogP contribution in [-0.4, -0.2) is 48.3 Å². The first kappa shape index (κ1) is 22.1. The van der Waals surface area contributed by atoms with Crippen molar-refractivity contribution in [2.45, 2.75) is 36.7 Å². The highest BCUT2D eigenvalue weighted by Crippen LogP contribution is 2.34. The van der Waals surface area contributed by atoms with E-state index < -0.39 is 22.0 Å². The zero-order valence-corrected chi connectivity index (χ0v) is 18.7. The lowest BCUT2D eigenvalue weighted by molar-refractivity contribution is -0.120. The standard InChI is InChI=1S/C20H22N6O4S2/c21-7-3-8-22-20-24-12-14(31-20)11-23-18(27)13-5-6-17-15(10-13)25-19(28)16-4-1-2-9-26(16)32(17,29)30/h3,5-8,10,12,16H,1-2,4,9,11,21H2,(H,23,27)(H,25,28). The van der Waals surface area contributed by atoms with Crippen LogP contribution in [0.5, 0.6) is 0 Å². The molecule has 2 aliphatic heterocycles. The zero-order valence-electron chi connectivity index (χ0n) is 17.0. The predicted molar refractivity (Wildman–Crippen MR) is 121 cm³/mol. The third-order valence-corrected chi connectivity index (χ3v) is 8.06. The average Bonchev–Trinajstić information content (AvgIpc) is 3.22. The molecule has 2 aromatic rings. The zero-order chi connectivity index (χ0) is 22.7. The number of hydrogen-bond acceptors (Lipinski definition) is 8. The molecule has 1 unspecified atom stereocenters. The Labute approximate surface area is 189 Å². The van der Waals surface area contributed by atoms with Gasteiger partial charge in [-0.25, -0.2) is 18.4 Å². The van der Waals surface area contributed by atoms with Crippen LogP contribution in [0.4, 0.5) is 10.8 Å². The molecule has 2 amide bonds. The monoisotopic (exact) mass is 474 g/mol. The number of sulfonamides is 1. The Morgan fingerprint density at radius 3 is 3.06 bits per heavy atom. The number of aromatic nitrogens is 1. The maximum atomic E-state index is 13.1. The number of carbonyl (C=O) groups excluding carboxylic acids is 2. The van der Waals surface area contributed by atoms with Crippen molar-refractivity contribution in [3.63, 3.8) is 0 Å². The van der Waals surface area contributed by atoms with Crippen LogP contribution in [0.3, 0.4) is 0 Å². The lowest BCUT2D eigenvalue weighted by Crippen LogP contribution is -2.47. The summed E-state index contributed by atoms with van der Waals surface area (Å²) in [6.07, 6.45) is 8.06. The van der Waals surface area contributed by atoms with Gasteiger partial charge in [-0.2, -0.15) is 4.31 Å². The van der Waals surface area contributed by atoms with Crippen LogP contribution in [0.1, 0.15) is 34.5 Å². The van der Waals surface area contributed by atoms with E-state index in [4.69, 9.17) is 5.73 Å². The molecule has 168 valence electrons. The molecule has 4 rings (SSSR count). The summed E-state index contributed by atoms with van der Waals surface area (Å²) in [5, 5.41) is 6.00. The molecule has 32 heavy (non-hydrogen) atoms. The molecule has 0 saturated carbocycles. The first-order chi connectivity index (χ1) is 15.4. The van der Waals surface area contributed by atoms with Crippen LogP contribution in [0, 0.1) is 0 Å². The van der Waals surface area contributed by atoms with E-state index in [-0.39, 0.29) is 28.6 Å². The minimum Gasteiger partial charge on any atom is -0.405 e. The summed E-state index contributed by atoms with van der Waals surface area (Å²) in [7, 11) is -3.83. The van der Waals surface area contributed by atoms with Crippen molar-refractivity contribution in [1.29, 1.82) is 0 Å². The molecule has 0 spiro atoms. The lowest BCUT2D eigenvalue weighted by Gasteiger charge is -2.31. The first-order valence-corrected chi connectivity index (χ1v) is 12.3. The summed E-state index contributed by atoms with van der Waals surface area (Å²) in [6, 6.07) is 3.51. The smallest absolute Gasteiger partial charge is 0.251 e. The number of carbonyl (C=O) groups is 2. The second-order valence-corrected chi connectivity index (χ2v) is 10.2. The number of nitrogens with one attached hydrogen (secondary N) is 2. The fourth-order valence-corrected chi connectivity index (χ4v) is 6.14. The topological polar surface area (TPSA) is 147 Å². The number of rotatable bonds is 5. The van der Waals surface area contributed by atoms with E-state index in [1.807, 2.05) is 0 Å². The van der Waals surface area contributed by atoms with Gasteiger partial charge in [-0.15, -0.1) is 0 Å². The van der Waals surface area contributed by atoms with Crippen molar-refractivity contribution in [1.82, 2.24) is 14.6 Å². The van der Waals surface area contributed by atoms with Crippen LogP contribution in [0.2, 0.25) is 0 Å².